The van der Waals surface area contributed by atoms with Crippen LogP contribution < -0.4 is 10.6 Å². The van der Waals surface area contributed by atoms with Gasteiger partial charge in [-0.05, 0) is 0 Å². The Morgan fingerprint density at radius 2 is 1.63 bits per heavy atom. The van der Waals surface area contributed by atoms with Gasteiger partial charge in [0.15, 0.2) is 0 Å². The average Bonchev–Trinajstić information content (AvgIpc) is 2.72. The molecule has 19 heavy (non-hydrogen) atoms. The molecule has 0 aromatic heterocycles. The van der Waals surface area contributed by atoms with Gasteiger partial charge in [-0.15, -0.1) is 0 Å². The molecule has 0 aromatic carbocycles. The molecule has 0 fully saturated rings. The molecule has 2 N–H and O–H groups in total. The van der Waals surface area contributed by atoms with Gasteiger partial charge in [0.2, 0.25) is 11.8 Å². The third kappa shape index (κ3) is 5.80. The van der Waals surface area contributed by atoms with Crippen molar-refractivity contribution in [2.24, 2.45) is 0 Å². The molecular formula is C12H19N3O4. The Labute approximate surface area is 112 Å². The third-order valence-corrected chi connectivity index (χ3v) is 2.16. The molecule has 0 saturated heterocycles. The lowest BCUT2D eigenvalue weighted by Gasteiger charge is -2.13. The van der Waals surface area contributed by atoms with Gasteiger partial charge < -0.3 is 10.6 Å². The SMILES string of the molecule is CC.CNC(=O)CCNC(=O)CN1C(=O)C=CC1=O. The van der Waals surface area contributed by atoms with Crippen LogP contribution in [0, 0.1) is 0 Å². The van der Waals surface area contributed by atoms with Crippen LogP contribution in [0.15, 0.2) is 12.2 Å². The summed E-state index contributed by atoms with van der Waals surface area (Å²) in [5.74, 6) is -1.67. The molecule has 1 rings (SSSR count). The topological polar surface area (TPSA) is 95.6 Å². The Kier molecular flexibility index (Phi) is 7.83. The minimum absolute atomic E-state index is 0.155. The van der Waals surface area contributed by atoms with Crippen molar-refractivity contribution in [1.29, 1.82) is 0 Å². The molecule has 4 amide bonds. The highest BCUT2D eigenvalue weighted by molar-refractivity contribution is 6.14. The van der Waals surface area contributed by atoms with Crippen LogP contribution in [-0.4, -0.2) is 48.7 Å². The van der Waals surface area contributed by atoms with Gasteiger partial charge in [0.05, 0.1) is 0 Å². The predicted molar refractivity (Wildman–Crippen MR) is 68.9 cm³/mol. The molecule has 0 atom stereocenters. The normalized spacial score (nSPS) is 12.9. The molecule has 0 saturated carbocycles. The van der Waals surface area contributed by atoms with Crippen LogP contribution in [-0.2, 0) is 19.2 Å². The quantitative estimate of drug-likeness (QED) is 0.638. The molecule has 0 aliphatic carbocycles. The molecule has 106 valence electrons. The van der Waals surface area contributed by atoms with Crippen LogP contribution in [0.3, 0.4) is 0 Å². The third-order valence-electron chi connectivity index (χ3n) is 2.16. The van der Waals surface area contributed by atoms with Gasteiger partial charge in [-0.25, -0.2) is 0 Å². The van der Waals surface area contributed by atoms with Crippen LogP contribution in [0.4, 0.5) is 0 Å². The molecule has 7 nitrogen and oxygen atoms in total. The van der Waals surface area contributed by atoms with Crippen LogP contribution in [0.2, 0.25) is 0 Å². The fraction of sp³-hybridized carbons (Fsp3) is 0.500. The summed E-state index contributed by atoms with van der Waals surface area (Å²) in [6, 6.07) is 0. The van der Waals surface area contributed by atoms with Gasteiger partial charge in [0.1, 0.15) is 6.54 Å². The minimum atomic E-state index is -0.503. The van der Waals surface area contributed by atoms with E-state index >= 15 is 0 Å². The van der Waals surface area contributed by atoms with Crippen molar-refractivity contribution >= 4 is 23.6 Å². The molecular weight excluding hydrogens is 250 g/mol. The van der Waals surface area contributed by atoms with Crippen molar-refractivity contribution in [1.82, 2.24) is 15.5 Å². The maximum absolute atomic E-state index is 11.3. The van der Waals surface area contributed by atoms with E-state index < -0.39 is 17.7 Å². The summed E-state index contributed by atoms with van der Waals surface area (Å²) < 4.78 is 0. The Morgan fingerprint density at radius 3 is 2.11 bits per heavy atom. The van der Waals surface area contributed by atoms with Crippen molar-refractivity contribution in [2.45, 2.75) is 20.3 Å². The van der Waals surface area contributed by atoms with Gasteiger partial charge in [-0.1, -0.05) is 13.8 Å². The smallest absolute Gasteiger partial charge is 0.254 e. The Balaban J connectivity index is 0.00000154. The summed E-state index contributed by atoms with van der Waals surface area (Å²) in [5.41, 5.74) is 0. The molecule has 1 aliphatic rings. The van der Waals surface area contributed by atoms with Gasteiger partial charge in [0.25, 0.3) is 11.8 Å². The van der Waals surface area contributed by atoms with Crippen molar-refractivity contribution in [3.8, 4) is 0 Å². The molecule has 0 aromatic rings. The monoisotopic (exact) mass is 269 g/mol. The molecule has 0 spiro atoms. The number of amides is 4. The Bertz CT molecular complexity index is 372. The average molecular weight is 269 g/mol. The van der Waals surface area contributed by atoms with Crippen molar-refractivity contribution in [3.05, 3.63) is 12.2 Å². The van der Waals surface area contributed by atoms with E-state index in [9.17, 15) is 19.2 Å². The fourth-order valence-electron chi connectivity index (χ4n) is 1.23. The van der Waals surface area contributed by atoms with Gasteiger partial charge in [-0.3, -0.25) is 24.1 Å². The molecule has 0 unspecified atom stereocenters. The lowest BCUT2D eigenvalue weighted by atomic mass is 10.4. The van der Waals surface area contributed by atoms with Gasteiger partial charge in [-0.2, -0.15) is 0 Å². The van der Waals surface area contributed by atoms with Crippen molar-refractivity contribution in [2.75, 3.05) is 20.1 Å². The molecule has 1 aliphatic heterocycles. The van der Waals surface area contributed by atoms with E-state index in [1.54, 1.807) is 0 Å². The summed E-state index contributed by atoms with van der Waals surface area (Å²) in [7, 11) is 1.50. The highest BCUT2D eigenvalue weighted by Crippen LogP contribution is 2.02. The number of nitrogens with zero attached hydrogens (tertiary/aromatic N) is 1. The molecule has 7 heteroatoms. The molecule has 0 bridgehead atoms. The Morgan fingerprint density at radius 1 is 1.11 bits per heavy atom. The molecule has 0 radical (unpaired) electrons. The van der Waals surface area contributed by atoms with Crippen LogP contribution in [0.5, 0.6) is 0 Å². The van der Waals surface area contributed by atoms with E-state index in [0.717, 1.165) is 17.1 Å². The standard InChI is InChI=1S/C10H13N3O4.C2H6/c1-11-7(14)4-5-12-8(15)6-13-9(16)2-3-10(13)17;1-2/h2-3H,4-6H2,1H3,(H,11,14)(H,12,15);1-2H3. The first-order valence-corrected chi connectivity index (χ1v) is 6.05. The number of nitrogens with one attached hydrogen (secondary N) is 2. The maximum atomic E-state index is 11.3. The second-order valence-electron chi connectivity index (χ2n) is 3.37. The lowest BCUT2D eigenvalue weighted by molar-refractivity contribution is -0.141. The van der Waals surface area contributed by atoms with Crippen molar-refractivity contribution in [3.63, 3.8) is 0 Å². The largest absolute Gasteiger partial charge is 0.359 e. The fourth-order valence-corrected chi connectivity index (χ4v) is 1.23. The maximum Gasteiger partial charge on any atom is 0.254 e. The van der Waals surface area contributed by atoms with E-state index in [4.69, 9.17) is 0 Å². The zero-order valence-electron chi connectivity index (χ0n) is 11.4. The van der Waals surface area contributed by atoms with Crippen molar-refractivity contribution < 1.29 is 19.2 Å². The summed E-state index contributed by atoms with van der Waals surface area (Å²) in [4.78, 5) is 45.3. The van der Waals surface area contributed by atoms with Gasteiger partial charge >= 0.3 is 0 Å². The molecule has 1 heterocycles. The van der Waals surface area contributed by atoms with Crippen LogP contribution >= 0.6 is 0 Å². The second kappa shape index (κ2) is 8.84. The number of carbonyl (C=O) groups is 4. The minimum Gasteiger partial charge on any atom is -0.359 e. The van der Waals surface area contributed by atoms with Crippen LogP contribution in [0.25, 0.3) is 0 Å². The highest BCUT2D eigenvalue weighted by atomic mass is 16.2. The summed E-state index contributed by atoms with van der Waals surface area (Å²) in [6.45, 7) is 3.85. The lowest BCUT2D eigenvalue weighted by Crippen LogP contribution is -2.41. The number of hydrogen-bond donors (Lipinski definition) is 2. The number of imide groups is 1. The number of hydrogen-bond acceptors (Lipinski definition) is 4. The first-order chi connectivity index (χ1) is 9.04. The Hall–Kier alpha value is -2.18. The zero-order chi connectivity index (χ0) is 14.8. The first kappa shape index (κ1) is 16.8. The summed E-state index contributed by atoms with van der Waals surface area (Å²) in [6.07, 6.45) is 2.38. The van der Waals surface area contributed by atoms with E-state index in [-0.39, 0.29) is 25.4 Å². The predicted octanol–water partition coefficient (Wildman–Crippen LogP) is -0.810. The van der Waals surface area contributed by atoms with E-state index in [2.05, 4.69) is 10.6 Å². The summed E-state index contributed by atoms with van der Waals surface area (Å²) in [5, 5.41) is 4.85. The van der Waals surface area contributed by atoms with Gasteiger partial charge in [0, 0.05) is 32.2 Å². The zero-order valence-corrected chi connectivity index (χ0v) is 11.4. The summed E-state index contributed by atoms with van der Waals surface area (Å²) >= 11 is 0. The number of carbonyl (C=O) groups excluding carboxylic acids is 4. The number of rotatable bonds is 5. The first-order valence-electron chi connectivity index (χ1n) is 6.05. The highest BCUT2D eigenvalue weighted by Gasteiger charge is 2.25. The van der Waals surface area contributed by atoms with Crippen LogP contribution in [0.1, 0.15) is 20.3 Å². The van der Waals surface area contributed by atoms with E-state index in [1.165, 1.54) is 7.05 Å². The second-order valence-corrected chi connectivity index (χ2v) is 3.37. The van der Waals surface area contributed by atoms with E-state index in [0.29, 0.717) is 0 Å². The van der Waals surface area contributed by atoms with E-state index in [1.807, 2.05) is 13.8 Å².